The number of hydrogen-bond donors (Lipinski definition) is 0. The van der Waals surface area contributed by atoms with Gasteiger partial charge < -0.3 is 14.5 Å². The predicted octanol–water partition coefficient (Wildman–Crippen LogP) is 9.68. The number of carbonyl (C=O) groups is 1. The van der Waals surface area contributed by atoms with Gasteiger partial charge >= 0.3 is 6.09 Å². The zero-order valence-electron chi connectivity index (χ0n) is 28.0. The van der Waals surface area contributed by atoms with Gasteiger partial charge in [-0.05, 0) is 46.7 Å². The SMILES string of the molecule is CCCCCCCCCCCCN(CCCCCCCCCCCC)CCN1CCN(C(=O)OC(C)(C)C)CC1. The molecule has 0 atom stereocenters. The fourth-order valence-electron chi connectivity index (χ4n) is 5.74. The van der Waals surface area contributed by atoms with Crippen LogP contribution in [0.25, 0.3) is 0 Å². The number of rotatable bonds is 25. The summed E-state index contributed by atoms with van der Waals surface area (Å²) in [6, 6.07) is 0. The van der Waals surface area contributed by atoms with Gasteiger partial charge in [0.1, 0.15) is 5.60 Å². The van der Waals surface area contributed by atoms with E-state index in [4.69, 9.17) is 4.74 Å². The van der Waals surface area contributed by atoms with Crippen LogP contribution in [-0.4, -0.2) is 78.8 Å². The molecule has 1 aliphatic heterocycles. The molecule has 0 aromatic rings. The second-order valence-corrected chi connectivity index (χ2v) is 13.5. The van der Waals surface area contributed by atoms with Crippen molar-refractivity contribution in [3.05, 3.63) is 0 Å². The molecule has 40 heavy (non-hydrogen) atoms. The maximum absolute atomic E-state index is 12.4. The Balaban J connectivity index is 2.28. The van der Waals surface area contributed by atoms with Crippen molar-refractivity contribution < 1.29 is 9.53 Å². The molecule has 0 saturated carbocycles. The minimum Gasteiger partial charge on any atom is -0.444 e. The molecule has 5 nitrogen and oxygen atoms in total. The number of unbranched alkanes of at least 4 members (excludes halogenated alkanes) is 18. The summed E-state index contributed by atoms with van der Waals surface area (Å²) in [5.41, 5.74) is -0.419. The van der Waals surface area contributed by atoms with Crippen molar-refractivity contribution in [2.45, 2.75) is 169 Å². The third kappa shape index (κ3) is 21.9. The van der Waals surface area contributed by atoms with Crippen molar-refractivity contribution in [3.63, 3.8) is 0 Å². The second kappa shape index (κ2) is 24.8. The Morgan fingerprint density at radius 3 is 1.32 bits per heavy atom. The average Bonchev–Trinajstić information content (AvgIpc) is 2.92. The lowest BCUT2D eigenvalue weighted by Crippen LogP contribution is -2.51. The highest BCUT2D eigenvalue weighted by molar-refractivity contribution is 5.68. The summed E-state index contributed by atoms with van der Waals surface area (Å²) in [5, 5.41) is 0. The quantitative estimate of drug-likeness (QED) is 0.103. The van der Waals surface area contributed by atoms with E-state index in [1.54, 1.807) is 0 Å². The highest BCUT2D eigenvalue weighted by Gasteiger charge is 2.25. The Morgan fingerprint density at radius 2 is 0.950 bits per heavy atom. The fourth-order valence-corrected chi connectivity index (χ4v) is 5.74. The van der Waals surface area contributed by atoms with E-state index in [0.717, 1.165) is 32.7 Å². The van der Waals surface area contributed by atoms with Crippen LogP contribution in [0, 0.1) is 0 Å². The van der Waals surface area contributed by atoms with Crippen LogP contribution in [0.2, 0.25) is 0 Å². The largest absolute Gasteiger partial charge is 0.444 e. The molecule has 1 heterocycles. The maximum Gasteiger partial charge on any atom is 0.410 e. The lowest BCUT2D eigenvalue weighted by atomic mass is 10.1. The van der Waals surface area contributed by atoms with Gasteiger partial charge in [-0.1, -0.05) is 129 Å². The molecule has 0 unspecified atom stereocenters. The van der Waals surface area contributed by atoms with Crippen LogP contribution in [-0.2, 0) is 4.74 Å². The summed E-state index contributed by atoms with van der Waals surface area (Å²) >= 11 is 0. The molecule has 0 aromatic heterocycles. The van der Waals surface area contributed by atoms with Crippen LogP contribution >= 0.6 is 0 Å². The summed E-state index contributed by atoms with van der Waals surface area (Å²) in [6.45, 7) is 18.7. The normalized spacial score (nSPS) is 14.8. The van der Waals surface area contributed by atoms with Crippen LogP contribution in [0.5, 0.6) is 0 Å². The molecular weight excluding hydrogens is 494 g/mol. The summed E-state index contributed by atoms with van der Waals surface area (Å²) in [5.74, 6) is 0. The first kappa shape index (κ1) is 37.2. The highest BCUT2D eigenvalue weighted by Crippen LogP contribution is 2.14. The van der Waals surface area contributed by atoms with E-state index < -0.39 is 5.60 Å². The standard InChI is InChI=1S/C35H71N3O2/c1-6-8-10-12-14-16-18-20-22-24-26-36(27-25-23-21-19-17-15-13-11-9-7-2)28-29-37-30-32-38(33-31-37)34(39)40-35(3,4)5/h6-33H2,1-5H3. The van der Waals surface area contributed by atoms with Crippen LogP contribution in [0.1, 0.15) is 163 Å². The van der Waals surface area contributed by atoms with Gasteiger partial charge in [0.2, 0.25) is 0 Å². The Kier molecular flexibility index (Phi) is 23.0. The lowest BCUT2D eigenvalue weighted by Gasteiger charge is -2.36. The van der Waals surface area contributed by atoms with Gasteiger partial charge in [-0.15, -0.1) is 0 Å². The average molecular weight is 566 g/mol. The maximum atomic E-state index is 12.4. The number of hydrogen-bond acceptors (Lipinski definition) is 4. The highest BCUT2D eigenvalue weighted by atomic mass is 16.6. The van der Waals surface area contributed by atoms with Gasteiger partial charge in [0, 0.05) is 39.3 Å². The number of piperazine rings is 1. The monoisotopic (exact) mass is 566 g/mol. The van der Waals surface area contributed by atoms with E-state index in [0.29, 0.717) is 0 Å². The number of nitrogens with zero attached hydrogens (tertiary/aromatic N) is 3. The van der Waals surface area contributed by atoms with Gasteiger partial charge in [-0.25, -0.2) is 4.79 Å². The third-order valence-corrected chi connectivity index (χ3v) is 8.41. The molecule has 0 radical (unpaired) electrons. The molecule has 0 N–H and O–H groups in total. The van der Waals surface area contributed by atoms with Crippen molar-refractivity contribution in [3.8, 4) is 0 Å². The Bertz CT molecular complexity index is 545. The van der Waals surface area contributed by atoms with Crippen LogP contribution < -0.4 is 0 Å². The fraction of sp³-hybridized carbons (Fsp3) is 0.971. The third-order valence-electron chi connectivity index (χ3n) is 8.41. The van der Waals surface area contributed by atoms with Crippen molar-refractivity contribution >= 4 is 6.09 Å². The first-order chi connectivity index (χ1) is 19.4. The first-order valence-electron chi connectivity index (χ1n) is 17.8. The zero-order chi connectivity index (χ0) is 29.3. The molecule has 0 spiro atoms. The second-order valence-electron chi connectivity index (χ2n) is 13.5. The number of carbonyl (C=O) groups excluding carboxylic acids is 1. The molecular formula is C35H71N3O2. The molecule has 1 rings (SSSR count). The molecule has 1 saturated heterocycles. The van der Waals surface area contributed by atoms with E-state index in [9.17, 15) is 4.79 Å². The molecule has 5 heteroatoms. The van der Waals surface area contributed by atoms with E-state index in [1.807, 2.05) is 25.7 Å². The van der Waals surface area contributed by atoms with Crippen molar-refractivity contribution in [1.29, 1.82) is 0 Å². The van der Waals surface area contributed by atoms with E-state index >= 15 is 0 Å². The summed E-state index contributed by atoms with van der Waals surface area (Å²) < 4.78 is 5.57. The minimum absolute atomic E-state index is 0.157. The van der Waals surface area contributed by atoms with Crippen molar-refractivity contribution in [2.75, 3.05) is 52.4 Å². The molecule has 0 bridgehead atoms. The Labute approximate surface area is 251 Å². The topological polar surface area (TPSA) is 36.0 Å². The van der Waals surface area contributed by atoms with Crippen LogP contribution in [0.15, 0.2) is 0 Å². The summed E-state index contributed by atoms with van der Waals surface area (Å²) in [4.78, 5) is 19.6. The number of amides is 1. The smallest absolute Gasteiger partial charge is 0.410 e. The predicted molar refractivity (Wildman–Crippen MR) is 174 cm³/mol. The van der Waals surface area contributed by atoms with Crippen molar-refractivity contribution in [2.24, 2.45) is 0 Å². The minimum atomic E-state index is -0.419. The molecule has 0 aromatic carbocycles. The first-order valence-corrected chi connectivity index (χ1v) is 17.8. The Morgan fingerprint density at radius 1 is 0.575 bits per heavy atom. The van der Waals surface area contributed by atoms with Gasteiger partial charge in [-0.2, -0.15) is 0 Å². The van der Waals surface area contributed by atoms with Crippen molar-refractivity contribution in [1.82, 2.24) is 14.7 Å². The zero-order valence-corrected chi connectivity index (χ0v) is 28.0. The van der Waals surface area contributed by atoms with E-state index in [1.165, 1.54) is 148 Å². The molecule has 1 amide bonds. The van der Waals surface area contributed by atoms with Crippen LogP contribution in [0.3, 0.4) is 0 Å². The van der Waals surface area contributed by atoms with Gasteiger partial charge in [0.25, 0.3) is 0 Å². The summed E-state index contributed by atoms with van der Waals surface area (Å²) in [7, 11) is 0. The molecule has 1 fully saturated rings. The Hall–Kier alpha value is -0.810. The number of ether oxygens (including phenoxy) is 1. The van der Waals surface area contributed by atoms with E-state index in [2.05, 4.69) is 23.6 Å². The van der Waals surface area contributed by atoms with Gasteiger partial charge in [0.05, 0.1) is 0 Å². The van der Waals surface area contributed by atoms with Gasteiger partial charge in [0.15, 0.2) is 0 Å². The van der Waals surface area contributed by atoms with Gasteiger partial charge in [-0.3, -0.25) is 4.90 Å². The molecule has 238 valence electrons. The lowest BCUT2D eigenvalue weighted by molar-refractivity contribution is 0.0138. The van der Waals surface area contributed by atoms with Crippen LogP contribution in [0.4, 0.5) is 4.79 Å². The van der Waals surface area contributed by atoms with E-state index in [-0.39, 0.29) is 6.09 Å². The molecule has 1 aliphatic rings. The molecule has 0 aliphatic carbocycles. The summed E-state index contributed by atoms with van der Waals surface area (Å²) in [6.07, 6.45) is 28.0.